The summed E-state index contributed by atoms with van der Waals surface area (Å²) in [6.45, 7) is 11.1. The molecule has 2 aromatic heterocycles. The maximum Gasteiger partial charge on any atom is 0.194 e. The highest BCUT2D eigenvalue weighted by Gasteiger charge is 2.18. The Morgan fingerprint density at radius 3 is 2.32 bits per heavy atom. The summed E-state index contributed by atoms with van der Waals surface area (Å²) in [5.74, 6) is 0.937. The van der Waals surface area contributed by atoms with Crippen LogP contribution in [0.4, 0.5) is 0 Å². The first-order valence-electron chi connectivity index (χ1n) is 10.6. The highest BCUT2D eigenvalue weighted by atomic mass is 32.1. The van der Waals surface area contributed by atoms with Crippen LogP contribution < -0.4 is 4.74 Å². The van der Waals surface area contributed by atoms with Crippen LogP contribution in [0, 0.1) is 6.92 Å². The summed E-state index contributed by atoms with van der Waals surface area (Å²) in [5.41, 5.74) is 3.38. The molecule has 2 heterocycles. The number of aryl methyl sites for hydroxylation is 1. The molecule has 0 spiro atoms. The molecule has 0 fully saturated rings. The third-order valence-electron chi connectivity index (χ3n) is 5.26. The summed E-state index contributed by atoms with van der Waals surface area (Å²) in [6, 6.07) is 8.43. The van der Waals surface area contributed by atoms with Crippen LogP contribution in [0.3, 0.4) is 0 Å². The van der Waals surface area contributed by atoms with Crippen LogP contribution in [0.5, 0.6) is 5.75 Å². The number of imidazole rings is 1. The molecule has 152 valence electrons. The van der Waals surface area contributed by atoms with E-state index in [0.717, 1.165) is 41.5 Å². The van der Waals surface area contributed by atoms with Crippen LogP contribution in [0.2, 0.25) is 0 Å². The molecular weight excluding hydrogens is 366 g/mol. The fourth-order valence-electron chi connectivity index (χ4n) is 3.56. The van der Waals surface area contributed by atoms with Crippen LogP contribution >= 0.6 is 11.3 Å². The van der Waals surface area contributed by atoms with Crippen LogP contribution in [-0.4, -0.2) is 33.6 Å². The number of hydrogen-bond donors (Lipinski definition) is 0. The summed E-state index contributed by atoms with van der Waals surface area (Å²) >= 11 is 1.67. The SMILES string of the molecule is CCCCN(CCCC)C(CC)Oc1ccc(-c2nc3sccn3c2C)cc1. The van der Waals surface area contributed by atoms with Crippen molar-refractivity contribution in [2.24, 2.45) is 0 Å². The first-order valence-corrected chi connectivity index (χ1v) is 11.5. The lowest BCUT2D eigenvalue weighted by atomic mass is 10.1. The van der Waals surface area contributed by atoms with Crippen LogP contribution in [-0.2, 0) is 0 Å². The molecule has 0 radical (unpaired) electrons. The first kappa shape index (κ1) is 20.9. The van der Waals surface area contributed by atoms with Gasteiger partial charge in [0.05, 0.1) is 5.69 Å². The van der Waals surface area contributed by atoms with Crippen LogP contribution in [0.1, 0.15) is 58.6 Å². The summed E-state index contributed by atoms with van der Waals surface area (Å²) in [7, 11) is 0. The van der Waals surface area contributed by atoms with Crippen LogP contribution in [0.25, 0.3) is 16.2 Å². The van der Waals surface area contributed by atoms with Gasteiger partial charge in [-0.25, -0.2) is 4.98 Å². The standard InChI is InChI=1S/C23H33N3OS/c1-5-8-14-25(15-9-6-2)21(7-3)27-20-12-10-19(11-13-20)22-18(4)26-16-17-28-23(26)24-22/h10-13,16-17,21H,5-9,14-15H2,1-4H3. The predicted molar refractivity (Wildman–Crippen MR) is 119 cm³/mol. The second kappa shape index (κ2) is 10.1. The van der Waals surface area contributed by atoms with Gasteiger partial charge in [-0.2, -0.15) is 0 Å². The third-order valence-corrected chi connectivity index (χ3v) is 6.01. The molecule has 1 unspecified atom stereocenters. The van der Waals surface area contributed by atoms with Gasteiger partial charge in [0.2, 0.25) is 0 Å². The van der Waals surface area contributed by atoms with Crippen molar-refractivity contribution < 1.29 is 4.74 Å². The largest absolute Gasteiger partial charge is 0.475 e. The number of benzene rings is 1. The third kappa shape index (κ3) is 4.76. The zero-order valence-electron chi connectivity index (χ0n) is 17.6. The number of hydrogen-bond acceptors (Lipinski definition) is 4. The molecule has 0 aliphatic rings. The van der Waals surface area contributed by atoms with Crippen molar-refractivity contribution in [1.82, 2.24) is 14.3 Å². The molecule has 0 saturated carbocycles. The van der Waals surface area contributed by atoms with Crippen molar-refractivity contribution in [3.8, 4) is 17.0 Å². The number of nitrogens with zero attached hydrogens (tertiary/aromatic N) is 3. The van der Waals surface area contributed by atoms with Crippen molar-refractivity contribution in [3.05, 3.63) is 41.5 Å². The van der Waals surface area contributed by atoms with Crippen molar-refractivity contribution in [1.29, 1.82) is 0 Å². The van der Waals surface area contributed by atoms with E-state index in [1.54, 1.807) is 11.3 Å². The van der Waals surface area contributed by atoms with E-state index in [4.69, 9.17) is 9.72 Å². The first-order chi connectivity index (χ1) is 13.7. The molecule has 1 atom stereocenters. The zero-order chi connectivity index (χ0) is 19.9. The van der Waals surface area contributed by atoms with E-state index in [2.05, 4.69) is 72.8 Å². The van der Waals surface area contributed by atoms with Gasteiger partial charge in [-0.1, -0.05) is 33.6 Å². The van der Waals surface area contributed by atoms with Gasteiger partial charge in [0.15, 0.2) is 11.2 Å². The van der Waals surface area contributed by atoms with Gasteiger partial charge in [-0.15, -0.1) is 11.3 Å². The topological polar surface area (TPSA) is 29.8 Å². The molecule has 5 heteroatoms. The van der Waals surface area contributed by atoms with Gasteiger partial charge < -0.3 is 4.74 Å². The van der Waals surface area contributed by atoms with Gasteiger partial charge in [0.1, 0.15) is 5.75 Å². The van der Waals surface area contributed by atoms with Crippen molar-refractivity contribution in [3.63, 3.8) is 0 Å². The Kier molecular flexibility index (Phi) is 7.51. The van der Waals surface area contributed by atoms with E-state index in [-0.39, 0.29) is 6.23 Å². The second-order valence-corrected chi connectivity index (χ2v) is 8.22. The Bertz CT molecular complexity index is 844. The Morgan fingerprint density at radius 2 is 1.75 bits per heavy atom. The molecule has 28 heavy (non-hydrogen) atoms. The Morgan fingerprint density at radius 1 is 1.07 bits per heavy atom. The van der Waals surface area contributed by atoms with Crippen molar-refractivity contribution in [2.45, 2.75) is 66.0 Å². The summed E-state index contributed by atoms with van der Waals surface area (Å²) in [4.78, 5) is 8.33. The molecule has 0 aliphatic heterocycles. The van der Waals surface area contributed by atoms with Gasteiger partial charge >= 0.3 is 0 Å². The lowest BCUT2D eigenvalue weighted by molar-refractivity contribution is 0.0202. The van der Waals surface area contributed by atoms with Crippen molar-refractivity contribution in [2.75, 3.05) is 13.1 Å². The molecule has 0 saturated heterocycles. The average Bonchev–Trinajstić information content (AvgIpc) is 3.30. The van der Waals surface area contributed by atoms with Gasteiger partial charge in [0, 0.05) is 35.9 Å². The number of thiazole rings is 1. The number of ether oxygens (including phenoxy) is 1. The fraction of sp³-hybridized carbons (Fsp3) is 0.522. The number of rotatable bonds is 11. The zero-order valence-corrected chi connectivity index (χ0v) is 18.5. The molecule has 1 aromatic carbocycles. The van der Waals surface area contributed by atoms with Gasteiger partial charge in [0.25, 0.3) is 0 Å². The smallest absolute Gasteiger partial charge is 0.194 e. The lowest BCUT2D eigenvalue weighted by Gasteiger charge is -2.31. The summed E-state index contributed by atoms with van der Waals surface area (Å²) in [5, 5.41) is 2.07. The molecule has 0 N–H and O–H groups in total. The van der Waals surface area contributed by atoms with E-state index in [1.807, 2.05) is 0 Å². The van der Waals surface area contributed by atoms with E-state index in [9.17, 15) is 0 Å². The Balaban J connectivity index is 1.72. The normalized spacial score (nSPS) is 12.8. The quantitative estimate of drug-likeness (QED) is 0.350. The van der Waals surface area contributed by atoms with Gasteiger partial charge in [-0.3, -0.25) is 9.30 Å². The minimum absolute atomic E-state index is 0.142. The highest BCUT2D eigenvalue weighted by Crippen LogP contribution is 2.28. The van der Waals surface area contributed by atoms with E-state index >= 15 is 0 Å². The molecule has 3 rings (SSSR count). The average molecular weight is 400 g/mol. The molecule has 4 nitrogen and oxygen atoms in total. The summed E-state index contributed by atoms with van der Waals surface area (Å²) in [6.07, 6.45) is 8.09. The summed E-state index contributed by atoms with van der Waals surface area (Å²) < 4.78 is 8.54. The van der Waals surface area contributed by atoms with Crippen LogP contribution in [0.15, 0.2) is 35.8 Å². The monoisotopic (exact) mass is 399 g/mol. The number of aromatic nitrogens is 2. The maximum absolute atomic E-state index is 6.39. The fourth-order valence-corrected chi connectivity index (χ4v) is 4.32. The molecule has 3 aromatic rings. The van der Waals surface area contributed by atoms with E-state index < -0.39 is 0 Å². The second-order valence-electron chi connectivity index (χ2n) is 7.35. The van der Waals surface area contributed by atoms with E-state index in [0.29, 0.717) is 0 Å². The molecule has 0 aliphatic carbocycles. The van der Waals surface area contributed by atoms with Gasteiger partial charge in [-0.05, 0) is 50.5 Å². The number of unbranched alkanes of at least 4 members (excludes halogenated alkanes) is 2. The maximum atomic E-state index is 6.39. The van der Waals surface area contributed by atoms with E-state index in [1.165, 1.54) is 31.4 Å². The highest BCUT2D eigenvalue weighted by molar-refractivity contribution is 7.15. The molecule has 0 bridgehead atoms. The van der Waals surface area contributed by atoms with Crippen molar-refractivity contribution >= 4 is 16.3 Å². The predicted octanol–water partition coefficient (Wildman–Crippen LogP) is 6.39. The molecular formula is C23H33N3OS. The lowest BCUT2D eigenvalue weighted by Crippen LogP contribution is -2.40. The minimum atomic E-state index is 0.142. The Labute approximate surface area is 173 Å². The number of fused-ring (bicyclic) bond motifs is 1. The minimum Gasteiger partial charge on any atom is -0.475 e. The molecule has 0 amide bonds. The Hall–Kier alpha value is -1.85.